The highest BCUT2D eigenvalue weighted by molar-refractivity contribution is 5.76. The van der Waals surface area contributed by atoms with Crippen LogP contribution in [0.15, 0.2) is 36.5 Å². The van der Waals surface area contributed by atoms with E-state index in [2.05, 4.69) is 55.6 Å². The Morgan fingerprint density at radius 2 is 0.549 bits per heavy atom. The predicted molar refractivity (Wildman–Crippen MR) is 403 cm³/mol. The van der Waals surface area contributed by atoms with Crippen molar-refractivity contribution in [2.75, 3.05) is 13.2 Å². The number of allylic oxidation sites excluding steroid dienone is 6. The molecule has 0 saturated carbocycles. The van der Waals surface area contributed by atoms with Crippen LogP contribution in [-0.2, 0) is 14.3 Å². The number of unbranched alkanes of at least 4 members (excludes halogenated alkanes) is 62. The zero-order valence-corrected chi connectivity index (χ0v) is 61.9. The summed E-state index contributed by atoms with van der Waals surface area (Å²) in [5.41, 5.74) is 0. The van der Waals surface area contributed by atoms with Crippen molar-refractivity contribution in [1.29, 1.82) is 0 Å². The second kappa shape index (κ2) is 80.5. The number of ether oxygens (including phenoxy) is 1. The monoisotopic (exact) mass is 1280 g/mol. The van der Waals surface area contributed by atoms with Crippen molar-refractivity contribution in [3.63, 3.8) is 0 Å². The van der Waals surface area contributed by atoms with Crippen molar-refractivity contribution >= 4 is 11.9 Å². The molecule has 91 heavy (non-hydrogen) atoms. The van der Waals surface area contributed by atoms with Crippen LogP contribution in [0.3, 0.4) is 0 Å². The standard InChI is InChI=1S/C85H163NO5/c1-3-5-7-9-11-13-15-17-19-21-22-42-46-49-53-57-61-65-69-73-77-83(88)82(81-87)86-84(89)78-74-70-66-62-58-54-50-47-43-40-38-36-34-32-30-28-26-24-23-25-27-29-31-33-35-37-39-41-44-48-52-56-60-64-68-72-76-80-91-85(90)79-75-71-67-63-59-55-51-45-20-18-16-14-12-10-8-6-4-2/h18,20,23,25,29,31,82-83,87-88H,3-17,19,21-22,24,26-28,30,32-81H2,1-2H3,(H,86,89)/b20-18-,25-23-,31-29-. The van der Waals surface area contributed by atoms with Gasteiger partial charge < -0.3 is 20.3 Å². The van der Waals surface area contributed by atoms with Crippen molar-refractivity contribution in [1.82, 2.24) is 5.32 Å². The summed E-state index contributed by atoms with van der Waals surface area (Å²) < 4.78 is 5.51. The second-order valence-corrected chi connectivity index (χ2v) is 28.8. The number of esters is 1. The summed E-state index contributed by atoms with van der Waals surface area (Å²) in [4.78, 5) is 24.7. The van der Waals surface area contributed by atoms with Gasteiger partial charge in [-0.05, 0) is 83.5 Å². The van der Waals surface area contributed by atoms with Crippen molar-refractivity contribution < 1.29 is 24.5 Å². The van der Waals surface area contributed by atoms with Crippen LogP contribution in [0.1, 0.15) is 470 Å². The Morgan fingerprint density at radius 3 is 0.846 bits per heavy atom. The maximum absolute atomic E-state index is 12.6. The Balaban J connectivity index is 3.36. The highest BCUT2D eigenvalue weighted by atomic mass is 16.5. The number of hydrogen-bond acceptors (Lipinski definition) is 5. The van der Waals surface area contributed by atoms with Gasteiger partial charge in [-0.3, -0.25) is 9.59 Å². The predicted octanol–water partition coefficient (Wildman–Crippen LogP) is 27.8. The Hall–Kier alpha value is -1.92. The summed E-state index contributed by atoms with van der Waals surface area (Å²) in [6.45, 7) is 5.00. The minimum Gasteiger partial charge on any atom is -0.466 e. The lowest BCUT2D eigenvalue weighted by Gasteiger charge is -2.22. The van der Waals surface area contributed by atoms with Crippen LogP contribution in [0.4, 0.5) is 0 Å². The molecule has 0 heterocycles. The molecule has 0 aromatic carbocycles. The number of aliphatic hydroxyl groups excluding tert-OH is 2. The number of carbonyl (C=O) groups is 2. The highest BCUT2D eigenvalue weighted by Crippen LogP contribution is 2.20. The average Bonchev–Trinajstić information content (AvgIpc) is 3.65. The first-order chi connectivity index (χ1) is 45.0. The SMILES string of the molecule is CCCCCCCC/C=C\CCCCCCCCCC(=O)OCCCCCCCCCCCCCCC/C=C\C/C=C\CCCCCCCCCCCCCCCCCCCC(=O)NC(CO)C(O)CCCCCCCCCCCCCCCCCCCCCC. The molecule has 2 atom stereocenters. The molecule has 0 saturated heterocycles. The van der Waals surface area contributed by atoms with Gasteiger partial charge in [0.2, 0.25) is 5.91 Å². The van der Waals surface area contributed by atoms with Crippen molar-refractivity contribution in [3.8, 4) is 0 Å². The van der Waals surface area contributed by atoms with E-state index in [1.54, 1.807) is 0 Å². The molecule has 0 radical (unpaired) electrons. The second-order valence-electron chi connectivity index (χ2n) is 28.8. The van der Waals surface area contributed by atoms with Crippen LogP contribution in [-0.4, -0.2) is 47.4 Å². The molecule has 0 bridgehead atoms. The van der Waals surface area contributed by atoms with E-state index in [0.717, 1.165) is 51.4 Å². The third-order valence-electron chi connectivity index (χ3n) is 19.7. The van der Waals surface area contributed by atoms with Crippen LogP contribution < -0.4 is 5.32 Å². The average molecular weight is 1280 g/mol. The van der Waals surface area contributed by atoms with Crippen LogP contribution >= 0.6 is 0 Å². The first kappa shape index (κ1) is 89.1. The van der Waals surface area contributed by atoms with E-state index in [4.69, 9.17) is 4.74 Å². The van der Waals surface area contributed by atoms with Crippen LogP contribution in [0.25, 0.3) is 0 Å². The minimum atomic E-state index is -0.664. The number of hydrogen-bond donors (Lipinski definition) is 3. The van der Waals surface area contributed by atoms with Crippen LogP contribution in [0, 0.1) is 0 Å². The molecule has 0 spiro atoms. The van der Waals surface area contributed by atoms with E-state index in [1.807, 2.05) is 0 Å². The molecular weight excluding hydrogens is 1110 g/mol. The van der Waals surface area contributed by atoms with E-state index in [1.165, 1.54) is 385 Å². The molecule has 6 nitrogen and oxygen atoms in total. The van der Waals surface area contributed by atoms with Crippen LogP contribution in [0.5, 0.6) is 0 Å². The molecule has 0 fully saturated rings. The lowest BCUT2D eigenvalue weighted by atomic mass is 10.0. The van der Waals surface area contributed by atoms with Gasteiger partial charge in [0.25, 0.3) is 0 Å². The maximum atomic E-state index is 12.6. The Labute approximate surface area is 570 Å². The van der Waals surface area contributed by atoms with Gasteiger partial charge in [0.1, 0.15) is 0 Å². The van der Waals surface area contributed by atoms with Gasteiger partial charge in [-0.15, -0.1) is 0 Å². The Morgan fingerprint density at radius 1 is 0.308 bits per heavy atom. The summed E-state index contributed by atoms with van der Waals surface area (Å²) in [6, 6.07) is -0.540. The summed E-state index contributed by atoms with van der Waals surface area (Å²) >= 11 is 0. The minimum absolute atomic E-state index is 0.0163. The van der Waals surface area contributed by atoms with Gasteiger partial charge in [0, 0.05) is 12.8 Å². The van der Waals surface area contributed by atoms with Gasteiger partial charge in [-0.2, -0.15) is 0 Å². The van der Waals surface area contributed by atoms with E-state index in [0.29, 0.717) is 25.9 Å². The lowest BCUT2D eigenvalue weighted by Crippen LogP contribution is -2.45. The molecule has 0 rings (SSSR count). The molecule has 0 aliphatic rings. The summed E-state index contributed by atoms with van der Waals surface area (Å²) in [5.74, 6) is -0.0110. The van der Waals surface area contributed by atoms with Gasteiger partial charge in [0.15, 0.2) is 0 Å². The fraction of sp³-hybridized carbons (Fsp3) is 0.906. The van der Waals surface area contributed by atoms with E-state index < -0.39 is 12.1 Å². The summed E-state index contributed by atoms with van der Waals surface area (Å²) in [7, 11) is 0. The smallest absolute Gasteiger partial charge is 0.305 e. The highest BCUT2D eigenvalue weighted by Gasteiger charge is 2.20. The van der Waals surface area contributed by atoms with Crippen molar-refractivity contribution in [2.45, 2.75) is 482 Å². The van der Waals surface area contributed by atoms with Gasteiger partial charge in [0.05, 0.1) is 25.4 Å². The summed E-state index contributed by atoms with van der Waals surface area (Å²) in [5, 5.41) is 23.5. The maximum Gasteiger partial charge on any atom is 0.305 e. The fourth-order valence-electron chi connectivity index (χ4n) is 13.3. The molecule has 538 valence electrons. The quantitative estimate of drug-likeness (QED) is 0.0320. The summed E-state index contributed by atoms with van der Waals surface area (Å²) in [6.07, 6.45) is 105. The molecule has 1 amide bonds. The molecule has 0 aromatic rings. The lowest BCUT2D eigenvalue weighted by molar-refractivity contribution is -0.143. The first-order valence-corrected chi connectivity index (χ1v) is 41.7. The zero-order valence-electron chi connectivity index (χ0n) is 61.9. The number of amides is 1. The Bertz CT molecular complexity index is 1470. The van der Waals surface area contributed by atoms with E-state index in [9.17, 15) is 19.8 Å². The van der Waals surface area contributed by atoms with Crippen LogP contribution in [0.2, 0.25) is 0 Å². The molecular formula is C85H163NO5. The third kappa shape index (κ3) is 77.0. The first-order valence-electron chi connectivity index (χ1n) is 41.7. The van der Waals surface area contributed by atoms with Gasteiger partial charge >= 0.3 is 5.97 Å². The topological polar surface area (TPSA) is 95.9 Å². The molecule has 2 unspecified atom stereocenters. The Kier molecular flexibility index (Phi) is 78.8. The van der Waals surface area contributed by atoms with Crippen molar-refractivity contribution in [3.05, 3.63) is 36.5 Å². The molecule has 3 N–H and O–H groups in total. The van der Waals surface area contributed by atoms with Gasteiger partial charge in [-0.1, -0.05) is 410 Å². The number of aliphatic hydroxyl groups is 2. The number of rotatable bonds is 79. The van der Waals surface area contributed by atoms with E-state index in [-0.39, 0.29) is 18.5 Å². The molecule has 0 aliphatic heterocycles. The molecule has 0 aromatic heterocycles. The normalized spacial score (nSPS) is 12.6. The fourth-order valence-corrected chi connectivity index (χ4v) is 13.3. The van der Waals surface area contributed by atoms with Gasteiger partial charge in [-0.25, -0.2) is 0 Å². The zero-order chi connectivity index (χ0) is 65.6. The molecule has 0 aliphatic carbocycles. The largest absolute Gasteiger partial charge is 0.466 e. The number of carbonyl (C=O) groups excluding carboxylic acids is 2. The third-order valence-corrected chi connectivity index (χ3v) is 19.7. The number of nitrogens with one attached hydrogen (secondary N) is 1. The molecule has 6 heteroatoms. The van der Waals surface area contributed by atoms with Crippen molar-refractivity contribution in [2.24, 2.45) is 0 Å². The van der Waals surface area contributed by atoms with E-state index >= 15 is 0 Å².